The van der Waals surface area contributed by atoms with Crippen molar-refractivity contribution in [2.24, 2.45) is 35.1 Å². The lowest BCUT2D eigenvalue weighted by Gasteiger charge is -2.26. The lowest BCUT2D eigenvalue weighted by molar-refractivity contribution is -0.145. The molecule has 0 aliphatic rings. The number of Topliss-reactive ketones (excluding diaryl/α,β-unsaturated/α-hetero) is 2. The first-order valence-corrected chi connectivity index (χ1v) is 21.6. The van der Waals surface area contributed by atoms with Crippen molar-refractivity contribution in [1.82, 2.24) is 30.8 Å². The van der Waals surface area contributed by atoms with Crippen molar-refractivity contribution >= 4 is 115 Å². The standard InChI is InChI=1S/2C21H25Cl2FN4O4/c2*1-11(2)7-13(20(31)27-28(6-5-18(25)30)21(32)19(23)24)10-17(29)16-9-12-8-14(22)3-4-15(12)26-16/h2*3-4,8-9,11,13,19,26H,5-7,10H2,1-2H3,(H2,25,30)(H,27,31)/t13-,19+;13-,19-/m11/s1. The second-order valence-corrected chi connectivity index (χ2v) is 17.3. The summed E-state index contributed by atoms with van der Waals surface area (Å²) in [5.41, 5.74) is 12.0. The number of alkyl halides is 4. The maximum absolute atomic E-state index is 13.3. The normalized spacial score (nSPS) is 13.1. The number of hydrazine groups is 2. The quantitative estimate of drug-likeness (QED) is 0.0317. The van der Waals surface area contributed by atoms with Crippen molar-refractivity contribution in [2.45, 2.75) is 77.5 Å². The van der Waals surface area contributed by atoms with Crippen LogP contribution >= 0.6 is 46.4 Å². The van der Waals surface area contributed by atoms with Gasteiger partial charge in [-0.15, -0.1) is 0 Å². The summed E-state index contributed by atoms with van der Waals surface area (Å²) >= 11 is 22.4. The van der Waals surface area contributed by atoms with Gasteiger partial charge in [0.1, 0.15) is 0 Å². The van der Waals surface area contributed by atoms with E-state index in [-0.39, 0.29) is 62.2 Å². The van der Waals surface area contributed by atoms with Gasteiger partial charge in [-0.3, -0.25) is 49.2 Å². The molecule has 22 heteroatoms. The minimum atomic E-state index is -2.41. The highest BCUT2D eigenvalue weighted by atomic mass is 35.5. The average molecular weight is 975 g/mol. The Morgan fingerprint density at radius 3 is 1.25 bits per heavy atom. The lowest BCUT2D eigenvalue weighted by atomic mass is 9.91. The third kappa shape index (κ3) is 16.7. The van der Waals surface area contributed by atoms with Crippen molar-refractivity contribution in [3.63, 3.8) is 0 Å². The molecule has 4 aromatic rings. The van der Waals surface area contributed by atoms with E-state index in [1.54, 1.807) is 48.5 Å². The highest BCUT2D eigenvalue weighted by Crippen LogP contribution is 2.26. The number of benzene rings is 2. The molecule has 2 aromatic carbocycles. The van der Waals surface area contributed by atoms with E-state index in [2.05, 4.69) is 20.8 Å². The van der Waals surface area contributed by atoms with Crippen LogP contribution in [0, 0.1) is 23.7 Å². The number of primary amides is 2. The number of nitrogens with zero attached hydrogens (tertiary/aromatic N) is 2. The lowest BCUT2D eigenvalue weighted by Crippen LogP contribution is -2.51. The highest BCUT2D eigenvalue weighted by molar-refractivity contribution is 6.32. The average Bonchev–Trinajstić information content (AvgIpc) is 3.83. The van der Waals surface area contributed by atoms with Gasteiger partial charge in [0.15, 0.2) is 11.6 Å². The number of ketones is 2. The van der Waals surface area contributed by atoms with Gasteiger partial charge in [-0.05, 0) is 73.2 Å². The molecule has 8 N–H and O–H groups in total. The van der Waals surface area contributed by atoms with Crippen LogP contribution in [0.3, 0.4) is 0 Å². The van der Waals surface area contributed by atoms with E-state index in [1.807, 2.05) is 27.7 Å². The zero-order valence-corrected chi connectivity index (χ0v) is 38.3. The van der Waals surface area contributed by atoms with E-state index in [1.165, 1.54) is 0 Å². The van der Waals surface area contributed by atoms with Crippen LogP contribution in [0.1, 0.15) is 87.2 Å². The topological polar surface area (TPSA) is 251 Å². The van der Waals surface area contributed by atoms with Crippen molar-refractivity contribution in [1.29, 1.82) is 0 Å². The molecule has 0 bridgehead atoms. The number of halogens is 6. The molecule has 64 heavy (non-hydrogen) atoms. The first kappa shape index (κ1) is 53.0. The molecule has 0 unspecified atom stereocenters. The van der Waals surface area contributed by atoms with Crippen LogP contribution in [0.5, 0.6) is 0 Å². The Morgan fingerprint density at radius 2 is 0.953 bits per heavy atom. The summed E-state index contributed by atoms with van der Waals surface area (Å²) in [5, 5.41) is 3.80. The minimum Gasteiger partial charge on any atom is -0.370 e. The van der Waals surface area contributed by atoms with Gasteiger partial charge in [0.25, 0.3) is 23.1 Å². The van der Waals surface area contributed by atoms with E-state index >= 15 is 0 Å². The van der Waals surface area contributed by atoms with Gasteiger partial charge in [0, 0.05) is 69.4 Å². The van der Waals surface area contributed by atoms with E-state index in [9.17, 15) is 47.1 Å². The first-order chi connectivity index (χ1) is 29.9. The van der Waals surface area contributed by atoms with Crippen LogP contribution in [0.25, 0.3) is 21.8 Å². The molecule has 0 spiro atoms. The molecule has 0 saturated heterocycles. The zero-order chi connectivity index (χ0) is 48.0. The molecule has 4 atom stereocenters. The number of carbonyl (C=O) groups excluding carboxylic acids is 8. The van der Waals surface area contributed by atoms with E-state index in [0.29, 0.717) is 44.3 Å². The summed E-state index contributed by atoms with van der Waals surface area (Å²) in [7, 11) is 0. The molecule has 16 nitrogen and oxygen atoms in total. The number of aromatic nitrogens is 2. The monoisotopic (exact) mass is 972 g/mol. The van der Waals surface area contributed by atoms with Gasteiger partial charge >= 0.3 is 0 Å². The van der Waals surface area contributed by atoms with Gasteiger partial charge in [-0.2, -0.15) is 0 Å². The number of amides is 6. The predicted octanol–water partition coefficient (Wildman–Crippen LogP) is 6.65. The summed E-state index contributed by atoms with van der Waals surface area (Å²) in [5.74, 6) is -7.42. The van der Waals surface area contributed by atoms with Crippen molar-refractivity contribution in [3.05, 3.63) is 70.0 Å². The molecule has 0 fully saturated rings. The van der Waals surface area contributed by atoms with Crippen LogP contribution in [-0.4, -0.2) is 91.3 Å². The highest BCUT2D eigenvalue weighted by Gasteiger charge is 2.31. The molecule has 0 aliphatic carbocycles. The van der Waals surface area contributed by atoms with E-state index in [0.717, 1.165) is 21.8 Å². The molecule has 0 aliphatic heterocycles. The summed E-state index contributed by atoms with van der Waals surface area (Å²) in [6, 6.07) is 13.6. The Kier molecular flexibility index (Phi) is 20.5. The molecule has 4 rings (SSSR count). The van der Waals surface area contributed by atoms with Crippen LogP contribution in [0.2, 0.25) is 10.0 Å². The van der Waals surface area contributed by atoms with Gasteiger partial charge in [0.2, 0.25) is 23.6 Å². The molecule has 0 saturated carbocycles. The van der Waals surface area contributed by atoms with Crippen LogP contribution in [0.15, 0.2) is 48.5 Å². The summed E-state index contributed by atoms with van der Waals surface area (Å²) in [4.78, 5) is 104. The van der Waals surface area contributed by atoms with Crippen molar-refractivity contribution in [2.75, 3.05) is 13.1 Å². The van der Waals surface area contributed by atoms with Crippen molar-refractivity contribution in [3.8, 4) is 0 Å². The minimum absolute atomic E-state index is 0.0526. The largest absolute Gasteiger partial charge is 0.370 e. The fourth-order valence-electron chi connectivity index (χ4n) is 6.45. The molecule has 2 heterocycles. The summed E-state index contributed by atoms with van der Waals surface area (Å²) in [6.45, 7) is 6.81. The van der Waals surface area contributed by atoms with Gasteiger partial charge in [-0.25, -0.2) is 18.8 Å². The number of carbonyl (C=O) groups is 8. The fourth-order valence-corrected chi connectivity index (χ4v) is 7.05. The first-order valence-electron chi connectivity index (χ1n) is 19.9. The number of fused-ring (bicyclic) bond motifs is 2. The second kappa shape index (κ2) is 24.7. The Morgan fingerprint density at radius 1 is 0.609 bits per heavy atom. The van der Waals surface area contributed by atoms with Crippen LogP contribution in [0.4, 0.5) is 8.78 Å². The Balaban J connectivity index is 0.000000340. The van der Waals surface area contributed by atoms with Gasteiger partial charge < -0.3 is 21.4 Å². The molecule has 6 amide bonds. The molecular formula is C42H50Cl4F2N8O8. The number of hydrogen-bond donors (Lipinski definition) is 6. The third-order valence-corrected chi connectivity index (χ3v) is 10.3. The smallest absolute Gasteiger partial charge is 0.291 e. The second-order valence-electron chi connectivity index (χ2n) is 15.7. The number of rotatable bonds is 20. The predicted molar refractivity (Wildman–Crippen MR) is 239 cm³/mol. The molecule has 0 radical (unpaired) electrons. The fraction of sp³-hybridized carbons (Fsp3) is 0.429. The number of H-pyrrole nitrogens is 2. The van der Waals surface area contributed by atoms with Crippen LogP contribution in [-0.2, 0) is 28.8 Å². The van der Waals surface area contributed by atoms with E-state index < -0.39 is 58.5 Å². The Bertz CT molecular complexity index is 2180. The summed E-state index contributed by atoms with van der Waals surface area (Å²) < 4.78 is 26.7. The van der Waals surface area contributed by atoms with Gasteiger partial charge in [0.05, 0.1) is 24.5 Å². The Labute approximate surface area is 387 Å². The summed E-state index contributed by atoms with van der Waals surface area (Å²) in [6.07, 6.45) is -0.241. The zero-order valence-electron chi connectivity index (χ0n) is 35.3. The van der Waals surface area contributed by atoms with Gasteiger partial charge in [-0.1, -0.05) is 74.1 Å². The van der Waals surface area contributed by atoms with Crippen LogP contribution < -0.4 is 22.3 Å². The molecule has 348 valence electrons. The molecule has 2 aromatic heterocycles. The maximum Gasteiger partial charge on any atom is 0.291 e. The number of hydrogen-bond acceptors (Lipinski definition) is 8. The van der Waals surface area contributed by atoms with E-state index in [4.69, 9.17) is 57.9 Å². The maximum atomic E-state index is 13.3. The van der Waals surface area contributed by atoms with Crippen molar-refractivity contribution < 1.29 is 47.1 Å². The third-order valence-electron chi connectivity index (χ3n) is 9.44. The molecular weight excluding hydrogens is 924 g/mol. The SMILES string of the molecule is CC(C)C[C@H](CC(=O)c1cc2cc(Cl)ccc2[nH]1)C(=O)NN(CCC(N)=O)C(=O)[C@@H](F)Cl.CC(C)C[C@H](CC(=O)c1cc2cc(Cl)ccc2[nH]1)C(=O)NN(CCC(N)=O)C(=O)[C@H](F)Cl. The number of nitrogens with two attached hydrogens (primary N) is 2. The Hall–Kier alpha value is -5.30. The number of aromatic amines is 2. The number of nitrogens with one attached hydrogen (secondary N) is 4.